The van der Waals surface area contributed by atoms with Crippen LogP contribution in [0, 0.1) is 34.9 Å². The molecule has 1 aliphatic rings. The van der Waals surface area contributed by atoms with Gasteiger partial charge in [0.15, 0.2) is 0 Å². The fourth-order valence-electron chi connectivity index (χ4n) is 2.82. The van der Waals surface area contributed by atoms with Gasteiger partial charge >= 0.3 is 12.1 Å². The van der Waals surface area contributed by atoms with Gasteiger partial charge in [-0.1, -0.05) is 0 Å². The summed E-state index contributed by atoms with van der Waals surface area (Å²) in [5.74, 6) is -17.1. The van der Waals surface area contributed by atoms with Crippen molar-refractivity contribution < 1.29 is 50.2 Å². The Morgan fingerprint density at radius 1 is 1.03 bits per heavy atom. The molecule has 0 spiro atoms. The summed E-state index contributed by atoms with van der Waals surface area (Å²) in [6.45, 7) is 1.22. The molecule has 0 unspecified atom stereocenters. The number of hydrogen-bond donors (Lipinski definition) is 1. The van der Waals surface area contributed by atoms with Gasteiger partial charge in [0.1, 0.15) is 17.7 Å². The van der Waals surface area contributed by atoms with Crippen molar-refractivity contribution in [3.05, 3.63) is 58.7 Å². The van der Waals surface area contributed by atoms with Crippen LogP contribution in [0.5, 0.6) is 5.75 Å². The standard InChI is InChI=1S/C19H11F6NO5.H3N/c1-7(27)4-9-6-26(19(29)30-9)8-2-3-10(11(20)5-8)18(28)31-17-15(24)13(22)12(21)14(23)16(17)25;/h2-3,5,9H,4,6H2,1H3;1H3/t9-;/m0./s1. The molecule has 0 aromatic heterocycles. The number of halogens is 6. The van der Waals surface area contributed by atoms with E-state index in [1.807, 2.05) is 0 Å². The molecule has 13 heteroatoms. The van der Waals surface area contributed by atoms with E-state index in [0.29, 0.717) is 6.07 Å². The number of benzene rings is 2. The Morgan fingerprint density at radius 2 is 1.59 bits per heavy atom. The lowest BCUT2D eigenvalue weighted by molar-refractivity contribution is -0.118. The van der Waals surface area contributed by atoms with Gasteiger partial charge in [-0.05, 0) is 25.1 Å². The number of anilines is 1. The second kappa shape index (κ2) is 9.26. The van der Waals surface area contributed by atoms with E-state index in [9.17, 15) is 40.7 Å². The molecule has 1 saturated heterocycles. The van der Waals surface area contributed by atoms with Crippen LogP contribution in [0.1, 0.15) is 23.7 Å². The summed E-state index contributed by atoms with van der Waals surface area (Å²) in [5, 5.41) is 0. The first-order valence-electron chi connectivity index (χ1n) is 8.52. The molecular weight excluding hydrogens is 450 g/mol. The number of carbonyl (C=O) groups is 3. The third-order valence-electron chi connectivity index (χ3n) is 4.24. The molecule has 7 nitrogen and oxygen atoms in total. The molecule has 172 valence electrons. The third-order valence-corrected chi connectivity index (χ3v) is 4.24. The van der Waals surface area contributed by atoms with Crippen LogP contribution in [0.2, 0.25) is 0 Å². The average molecular weight is 464 g/mol. The van der Waals surface area contributed by atoms with Crippen molar-refractivity contribution >= 4 is 23.5 Å². The largest absolute Gasteiger partial charge is 0.443 e. The second-order valence-electron chi connectivity index (χ2n) is 6.48. The molecule has 1 atom stereocenters. The Bertz CT molecular complexity index is 1080. The number of amides is 1. The van der Waals surface area contributed by atoms with Gasteiger partial charge in [0.2, 0.25) is 34.8 Å². The van der Waals surface area contributed by atoms with Gasteiger partial charge in [0, 0.05) is 6.42 Å². The van der Waals surface area contributed by atoms with Gasteiger partial charge in [-0.2, -0.15) is 8.78 Å². The van der Waals surface area contributed by atoms with Crippen LogP contribution in [0.4, 0.5) is 36.8 Å². The van der Waals surface area contributed by atoms with Crippen molar-refractivity contribution in [3.8, 4) is 5.75 Å². The number of esters is 1. The van der Waals surface area contributed by atoms with E-state index in [-0.39, 0.29) is 30.6 Å². The van der Waals surface area contributed by atoms with Gasteiger partial charge in [-0.15, -0.1) is 0 Å². The molecule has 0 saturated carbocycles. The second-order valence-corrected chi connectivity index (χ2v) is 6.48. The Hall–Kier alpha value is -3.61. The number of hydrogen-bond acceptors (Lipinski definition) is 6. The van der Waals surface area contributed by atoms with E-state index < -0.39 is 64.4 Å². The van der Waals surface area contributed by atoms with Crippen LogP contribution in [0.15, 0.2) is 18.2 Å². The maximum atomic E-state index is 14.4. The Kier molecular flexibility index (Phi) is 7.13. The average Bonchev–Trinajstić information content (AvgIpc) is 3.07. The highest BCUT2D eigenvalue weighted by molar-refractivity contribution is 5.94. The zero-order valence-corrected chi connectivity index (χ0v) is 16.2. The third kappa shape index (κ3) is 4.51. The van der Waals surface area contributed by atoms with Crippen LogP contribution in [0.25, 0.3) is 0 Å². The molecule has 1 amide bonds. The number of cyclic esters (lactones) is 1. The van der Waals surface area contributed by atoms with Crippen molar-refractivity contribution in [1.82, 2.24) is 6.15 Å². The summed E-state index contributed by atoms with van der Waals surface area (Å²) in [4.78, 5) is 36.1. The lowest BCUT2D eigenvalue weighted by Gasteiger charge is -2.14. The maximum Gasteiger partial charge on any atom is 0.414 e. The maximum absolute atomic E-state index is 14.4. The molecule has 0 radical (unpaired) electrons. The summed E-state index contributed by atoms with van der Waals surface area (Å²) >= 11 is 0. The van der Waals surface area contributed by atoms with E-state index in [1.54, 1.807) is 0 Å². The Balaban J connectivity index is 0.00000363. The molecule has 3 N–H and O–H groups in total. The number of rotatable bonds is 5. The van der Waals surface area contributed by atoms with Gasteiger partial charge in [0.25, 0.3) is 0 Å². The lowest BCUT2D eigenvalue weighted by Crippen LogP contribution is -2.25. The predicted octanol–water partition coefficient (Wildman–Crippen LogP) is 4.21. The number of ketones is 1. The zero-order chi connectivity index (χ0) is 23.0. The number of ether oxygens (including phenoxy) is 2. The molecular formula is C19H14F6N2O5. The molecule has 1 aliphatic heterocycles. The van der Waals surface area contributed by atoms with Crippen molar-refractivity contribution in [2.24, 2.45) is 0 Å². The highest BCUT2D eigenvalue weighted by Crippen LogP contribution is 2.31. The Labute approximate surface area is 176 Å². The van der Waals surface area contributed by atoms with Crippen molar-refractivity contribution in [2.75, 3.05) is 11.4 Å². The SMILES string of the molecule is CC(=O)C[C@H]1CN(c2ccc(C(=O)Oc3c(F)c(F)c(F)c(F)c3F)c(F)c2)C(=O)O1.N. The number of Topliss-reactive ketones (excluding diaryl/α,β-unsaturated/α-hetero) is 1. The smallest absolute Gasteiger partial charge is 0.414 e. The monoisotopic (exact) mass is 464 g/mol. The van der Waals surface area contributed by atoms with Crippen LogP contribution in [0.3, 0.4) is 0 Å². The van der Waals surface area contributed by atoms with Crippen molar-refractivity contribution in [3.63, 3.8) is 0 Å². The summed E-state index contributed by atoms with van der Waals surface area (Å²) in [6, 6.07) is 2.55. The van der Waals surface area contributed by atoms with E-state index in [2.05, 4.69) is 4.74 Å². The molecule has 0 bridgehead atoms. The summed E-state index contributed by atoms with van der Waals surface area (Å²) in [7, 11) is 0. The number of carbonyl (C=O) groups excluding carboxylic acids is 3. The quantitative estimate of drug-likeness (QED) is 0.234. The van der Waals surface area contributed by atoms with E-state index in [1.165, 1.54) is 6.92 Å². The minimum atomic E-state index is -2.45. The van der Waals surface area contributed by atoms with E-state index in [0.717, 1.165) is 17.0 Å². The predicted molar refractivity (Wildman–Crippen MR) is 95.5 cm³/mol. The summed E-state index contributed by atoms with van der Waals surface area (Å²) in [6.07, 6.45) is -1.69. The molecule has 2 aromatic carbocycles. The molecule has 3 rings (SSSR count). The minimum Gasteiger partial charge on any atom is -0.443 e. The first-order chi connectivity index (χ1) is 14.5. The van der Waals surface area contributed by atoms with Gasteiger partial charge < -0.3 is 15.6 Å². The van der Waals surface area contributed by atoms with Crippen LogP contribution in [-0.2, 0) is 9.53 Å². The number of nitrogens with zero attached hydrogens (tertiary/aromatic N) is 1. The molecule has 0 aliphatic carbocycles. The Morgan fingerprint density at radius 3 is 2.12 bits per heavy atom. The summed E-state index contributed by atoms with van der Waals surface area (Å²) in [5.41, 5.74) is -0.970. The molecule has 1 heterocycles. The highest BCUT2D eigenvalue weighted by Gasteiger charge is 2.34. The van der Waals surface area contributed by atoms with Crippen LogP contribution in [-0.4, -0.2) is 30.5 Å². The summed E-state index contributed by atoms with van der Waals surface area (Å²) < 4.78 is 90.3. The lowest BCUT2D eigenvalue weighted by atomic mass is 10.1. The van der Waals surface area contributed by atoms with Gasteiger partial charge in [-0.25, -0.2) is 27.2 Å². The fourth-order valence-corrected chi connectivity index (χ4v) is 2.82. The van der Waals surface area contributed by atoms with Crippen LogP contribution >= 0.6 is 0 Å². The topological polar surface area (TPSA) is 108 Å². The van der Waals surface area contributed by atoms with Gasteiger partial charge in [-0.3, -0.25) is 9.69 Å². The van der Waals surface area contributed by atoms with E-state index >= 15 is 0 Å². The van der Waals surface area contributed by atoms with Crippen molar-refractivity contribution in [1.29, 1.82) is 0 Å². The first-order valence-corrected chi connectivity index (χ1v) is 8.52. The van der Waals surface area contributed by atoms with Crippen molar-refractivity contribution in [2.45, 2.75) is 19.4 Å². The molecule has 1 fully saturated rings. The zero-order valence-electron chi connectivity index (χ0n) is 16.2. The van der Waals surface area contributed by atoms with Gasteiger partial charge in [0.05, 0.1) is 17.8 Å². The minimum absolute atomic E-state index is 0. The van der Waals surface area contributed by atoms with E-state index in [4.69, 9.17) is 4.74 Å². The molecule has 32 heavy (non-hydrogen) atoms. The first kappa shape index (κ1) is 24.7. The molecule has 2 aromatic rings. The van der Waals surface area contributed by atoms with Crippen LogP contribution < -0.4 is 15.8 Å². The normalized spacial score (nSPS) is 15.3. The fraction of sp³-hybridized carbons (Fsp3) is 0.211. The highest BCUT2D eigenvalue weighted by atomic mass is 19.2.